The lowest BCUT2D eigenvalue weighted by Gasteiger charge is -2.37. The SMILES string of the molecule is Cc1ccc(C2(C)CCC(C)CC2)cc1C. The second-order valence-electron chi connectivity index (χ2n) is 6.04. The van der Waals surface area contributed by atoms with E-state index in [1.807, 2.05) is 0 Å². The van der Waals surface area contributed by atoms with Gasteiger partial charge < -0.3 is 0 Å². The first-order valence-corrected chi connectivity index (χ1v) is 6.59. The van der Waals surface area contributed by atoms with E-state index in [9.17, 15) is 0 Å². The number of aryl methyl sites for hydroxylation is 2. The molecular weight excluding hydrogens is 192 g/mol. The quantitative estimate of drug-likeness (QED) is 0.634. The van der Waals surface area contributed by atoms with E-state index < -0.39 is 0 Å². The van der Waals surface area contributed by atoms with E-state index in [0.29, 0.717) is 5.41 Å². The molecule has 0 aliphatic heterocycles. The molecule has 1 aromatic rings. The normalized spacial score (nSPS) is 30.4. The molecule has 0 unspecified atom stereocenters. The van der Waals surface area contributed by atoms with Crippen LogP contribution in [0.1, 0.15) is 56.2 Å². The Balaban J connectivity index is 2.25. The summed E-state index contributed by atoms with van der Waals surface area (Å²) in [5, 5.41) is 0. The average molecular weight is 216 g/mol. The van der Waals surface area contributed by atoms with Gasteiger partial charge in [0.25, 0.3) is 0 Å². The minimum Gasteiger partial charge on any atom is -0.0625 e. The fraction of sp³-hybridized carbons (Fsp3) is 0.625. The molecule has 1 aliphatic carbocycles. The first-order valence-electron chi connectivity index (χ1n) is 6.59. The maximum Gasteiger partial charge on any atom is -0.00749 e. The van der Waals surface area contributed by atoms with Crippen molar-refractivity contribution in [2.75, 3.05) is 0 Å². The van der Waals surface area contributed by atoms with E-state index in [-0.39, 0.29) is 0 Å². The summed E-state index contributed by atoms with van der Waals surface area (Å²) >= 11 is 0. The number of hydrogen-bond acceptors (Lipinski definition) is 0. The Morgan fingerprint density at radius 3 is 2.25 bits per heavy atom. The Morgan fingerprint density at radius 2 is 1.69 bits per heavy atom. The molecule has 88 valence electrons. The summed E-state index contributed by atoms with van der Waals surface area (Å²) in [7, 11) is 0. The molecule has 2 rings (SSSR count). The predicted molar refractivity (Wildman–Crippen MR) is 70.9 cm³/mol. The van der Waals surface area contributed by atoms with Crippen LogP contribution in [0.4, 0.5) is 0 Å². The zero-order chi connectivity index (χ0) is 11.8. The lowest BCUT2D eigenvalue weighted by molar-refractivity contribution is 0.260. The predicted octanol–water partition coefficient (Wildman–Crippen LogP) is 4.77. The van der Waals surface area contributed by atoms with Gasteiger partial charge >= 0.3 is 0 Å². The van der Waals surface area contributed by atoms with Gasteiger partial charge in [0.2, 0.25) is 0 Å². The summed E-state index contributed by atoms with van der Waals surface area (Å²) in [6, 6.07) is 7.04. The minimum absolute atomic E-state index is 0.435. The van der Waals surface area contributed by atoms with Crippen LogP contribution < -0.4 is 0 Å². The molecule has 0 saturated heterocycles. The van der Waals surface area contributed by atoms with Crippen LogP contribution in [0, 0.1) is 19.8 Å². The lowest BCUT2D eigenvalue weighted by Crippen LogP contribution is -2.27. The first kappa shape index (κ1) is 11.7. The molecule has 0 heteroatoms. The summed E-state index contributed by atoms with van der Waals surface area (Å²) < 4.78 is 0. The molecule has 0 bridgehead atoms. The van der Waals surface area contributed by atoms with Crippen LogP contribution in [0.15, 0.2) is 18.2 Å². The fourth-order valence-electron chi connectivity index (χ4n) is 2.80. The highest BCUT2D eigenvalue weighted by Crippen LogP contribution is 2.41. The summed E-state index contributed by atoms with van der Waals surface area (Å²) in [4.78, 5) is 0. The molecule has 1 saturated carbocycles. The molecule has 0 spiro atoms. The van der Waals surface area contributed by atoms with Crippen molar-refractivity contribution in [3.8, 4) is 0 Å². The fourth-order valence-corrected chi connectivity index (χ4v) is 2.80. The summed E-state index contributed by atoms with van der Waals surface area (Å²) in [5.41, 5.74) is 4.85. The molecule has 0 N–H and O–H groups in total. The van der Waals surface area contributed by atoms with Crippen molar-refractivity contribution in [1.29, 1.82) is 0 Å². The smallest absolute Gasteiger partial charge is 0.00749 e. The van der Waals surface area contributed by atoms with Crippen molar-refractivity contribution in [1.82, 2.24) is 0 Å². The number of hydrogen-bond donors (Lipinski definition) is 0. The van der Waals surface area contributed by atoms with E-state index in [0.717, 1.165) is 5.92 Å². The van der Waals surface area contributed by atoms with Crippen molar-refractivity contribution in [2.24, 2.45) is 5.92 Å². The van der Waals surface area contributed by atoms with E-state index in [1.54, 1.807) is 5.56 Å². The highest BCUT2D eigenvalue weighted by Gasteiger charge is 2.31. The van der Waals surface area contributed by atoms with Crippen LogP contribution in [0.5, 0.6) is 0 Å². The Morgan fingerprint density at radius 1 is 1.06 bits per heavy atom. The van der Waals surface area contributed by atoms with Crippen LogP contribution in [0.25, 0.3) is 0 Å². The van der Waals surface area contributed by atoms with Crippen molar-refractivity contribution < 1.29 is 0 Å². The van der Waals surface area contributed by atoms with Crippen LogP contribution >= 0.6 is 0 Å². The molecule has 1 aliphatic rings. The second-order valence-corrected chi connectivity index (χ2v) is 6.04. The van der Waals surface area contributed by atoms with Gasteiger partial charge in [-0.1, -0.05) is 32.0 Å². The van der Waals surface area contributed by atoms with Gasteiger partial charge in [0, 0.05) is 0 Å². The molecule has 0 heterocycles. The van der Waals surface area contributed by atoms with E-state index in [2.05, 4.69) is 45.9 Å². The molecule has 1 aromatic carbocycles. The van der Waals surface area contributed by atoms with Gasteiger partial charge in [-0.15, -0.1) is 0 Å². The van der Waals surface area contributed by atoms with Crippen LogP contribution in [-0.2, 0) is 5.41 Å². The molecule has 0 radical (unpaired) electrons. The van der Waals surface area contributed by atoms with Gasteiger partial charge in [0.1, 0.15) is 0 Å². The van der Waals surface area contributed by atoms with Crippen molar-refractivity contribution in [3.63, 3.8) is 0 Å². The van der Waals surface area contributed by atoms with Crippen LogP contribution in [0.3, 0.4) is 0 Å². The standard InChI is InChI=1S/C16H24/c1-12-7-9-16(4,10-8-12)15-6-5-13(2)14(3)11-15/h5-6,11-12H,7-10H2,1-4H3. The monoisotopic (exact) mass is 216 g/mol. The second kappa shape index (κ2) is 4.24. The van der Waals surface area contributed by atoms with Crippen LogP contribution in [0.2, 0.25) is 0 Å². The average Bonchev–Trinajstić information content (AvgIpc) is 2.26. The zero-order valence-corrected chi connectivity index (χ0v) is 11.1. The van der Waals surface area contributed by atoms with Crippen molar-refractivity contribution >= 4 is 0 Å². The van der Waals surface area contributed by atoms with Gasteiger partial charge in [-0.25, -0.2) is 0 Å². The molecular formula is C16H24. The topological polar surface area (TPSA) is 0 Å². The molecule has 0 nitrogen and oxygen atoms in total. The largest absolute Gasteiger partial charge is 0.0625 e. The van der Waals surface area contributed by atoms with Crippen LogP contribution in [-0.4, -0.2) is 0 Å². The third-order valence-electron chi connectivity index (χ3n) is 4.58. The molecule has 16 heavy (non-hydrogen) atoms. The summed E-state index contributed by atoms with van der Waals surface area (Å²) in [5.74, 6) is 0.930. The van der Waals surface area contributed by atoms with E-state index >= 15 is 0 Å². The first-order chi connectivity index (χ1) is 7.51. The molecule has 0 amide bonds. The van der Waals surface area contributed by atoms with E-state index in [1.165, 1.54) is 36.8 Å². The summed E-state index contributed by atoms with van der Waals surface area (Å²) in [6.45, 7) is 9.26. The molecule has 0 atom stereocenters. The highest BCUT2D eigenvalue weighted by molar-refractivity contribution is 5.34. The molecule has 1 fully saturated rings. The van der Waals surface area contributed by atoms with Crippen molar-refractivity contribution in [2.45, 2.75) is 58.8 Å². The third-order valence-corrected chi connectivity index (χ3v) is 4.58. The minimum atomic E-state index is 0.435. The van der Waals surface area contributed by atoms with E-state index in [4.69, 9.17) is 0 Å². The summed E-state index contributed by atoms with van der Waals surface area (Å²) in [6.07, 6.45) is 5.50. The Kier molecular flexibility index (Phi) is 3.10. The Hall–Kier alpha value is -0.780. The highest BCUT2D eigenvalue weighted by atomic mass is 14.4. The number of rotatable bonds is 1. The van der Waals surface area contributed by atoms with Gasteiger partial charge in [-0.2, -0.15) is 0 Å². The lowest BCUT2D eigenvalue weighted by atomic mass is 9.68. The van der Waals surface area contributed by atoms with Gasteiger partial charge in [0.15, 0.2) is 0 Å². The maximum atomic E-state index is 2.45. The van der Waals surface area contributed by atoms with Gasteiger partial charge in [-0.3, -0.25) is 0 Å². The number of benzene rings is 1. The molecule has 0 aromatic heterocycles. The zero-order valence-electron chi connectivity index (χ0n) is 11.1. The third kappa shape index (κ3) is 2.16. The van der Waals surface area contributed by atoms with Gasteiger partial charge in [-0.05, 0) is 67.6 Å². The Bertz CT molecular complexity index is 368. The van der Waals surface area contributed by atoms with Gasteiger partial charge in [0.05, 0.1) is 0 Å². The maximum absolute atomic E-state index is 2.45. The Labute approximate surface area is 100 Å². The van der Waals surface area contributed by atoms with Crippen molar-refractivity contribution in [3.05, 3.63) is 34.9 Å².